The van der Waals surface area contributed by atoms with Crippen LogP contribution in [0.1, 0.15) is 10.5 Å². The van der Waals surface area contributed by atoms with E-state index in [1.165, 1.54) is 10.5 Å². The van der Waals surface area contributed by atoms with Crippen LogP contribution in [0.15, 0.2) is 12.5 Å². The van der Waals surface area contributed by atoms with Crippen LogP contribution in [0.5, 0.6) is 0 Å². The summed E-state index contributed by atoms with van der Waals surface area (Å²) >= 11 is 0. The van der Waals surface area contributed by atoms with Crippen LogP contribution in [0.2, 0.25) is 0 Å². The number of hydrogen-bond donors (Lipinski definition) is 1. The molecule has 1 aromatic heterocycles. The number of nitrogens with two attached hydrogens (primary N) is 1. The highest BCUT2D eigenvalue weighted by Crippen LogP contribution is 2.09. The first-order valence-electron chi connectivity index (χ1n) is 5.43. The summed E-state index contributed by atoms with van der Waals surface area (Å²) in [5.74, 6) is -0.149. The minimum Gasteiger partial charge on any atom is -0.335 e. The molecule has 100 valence electrons. The Morgan fingerprint density at radius 3 is 2.39 bits per heavy atom. The molecule has 0 atom stereocenters. The van der Waals surface area contributed by atoms with Gasteiger partial charge in [-0.25, -0.2) is 10.1 Å². The van der Waals surface area contributed by atoms with Crippen molar-refractivity contribution in [1.29, 1.82) is 0 Å². The number of carbonyl (C=O) groups is 1. The SMILES string of the molecule is Cn1cncc1C(=O)N1CCN(S(N)(=O)=O)CC1. The minimum atomic E-state index is -3.66. The van der Waals surface area contributed by atoms with Crippen molar-refractivity contribution in [3.8, 4) is 0 Å². The predicted octanol–water partition coefficient (Wildman–Crippen LogP) is -1.62. The predicted molar refractivity (Wildman–Crippen MR) is 63.8 cm³/mol. The Bertz CT molecular complexity index is 544. The first-order valence-corrected chi connectivity index (χ1v) is 6.93. The lowest BCUT2D eigenvalue weighted by Gasteiger charge is -2.32. The molecule has 8 nitrogen and oxygen atoms in total. The van der Waals surface area contributed by atoms with E-state index in [4.69, 9.17) is 5.14 Å². The molecule has 9 heteroatoms. The van der Waals surface area contributed by atoms with Crippen LogP contribution in [0.25, 0.3) is 0 Å². The van der Waals surface area contributed by atoms with Crippen molar-refractivity contribution in [3.05, 3.63) is 18.2 Å². The third-order valence-corrected chi connectivity index (χ3v) is 4.01. The van der Waals surface area contributed by atoms with Crippen LogP contribution in [-0.4, -0.2) is 59.3 Å². The van der Waals surface area contributed by atoms with Gasteiger partial charge < -0.3 is 9.47 Å². The molecule has 0 saturated carbocycles. The van der Waals surface area contributed by atoms with Crippen LogP contribution in [0, 0.1) is 0 Å². The van der Waals surface area contributed by atoms with Gasteiger partial charge in [-0.05, 0) is 0 Å². The second-order valence-corrected chi connectivity index (χ2v) is 5.67. The third-order valence-electron chi connectivity index (χ3n) is 2.92. The van der Waals surface area contributed by atoms with Crippen LogP contribution in [0.4, 0.5) is 0 Å². The average molecular weight is 273 g/mol. The molecule has 0 aliphatic carbocycles. The molecule has 2 heterocycles. The largest absolute Gasteiger partial charge is 0.335 e. The average Bonchev–Trinajstić information content (AvgIpc) is 2.73. The molecule has 1 aliphatic rings. The van der Waals surface area contributed by atoms with Gasteiger partial charge in [0.1, 0.15) is 5.69 Å². The summed E-state index contributed by atoms with van der Waals surface area (Å²) in [6.45, 7) is 1.12. The third kappa shape index (κ3) is 2.52. The summed E-state index contributed by atoms with van der Waals surface area (Å²) < 4.78 is 25.1. The Morgan fingerprint density at radius 2 is 1.94 bits per heavy atom. The van der Waals surface area contributed by atoms with Crippen LogP contribution >= 0.6 is 0 Å². The molecule has 1 amide bonds. The molecule has 18 heavy (non-hydrogen) atoms. The zero-order chi connectivity index (χ0) is 13.3. The van der Waals surface area contributed by atoms with Crippen molar-refractivity contribution < 1.29 is 13.2 Å². The smallest absolute Gasteiger partial charge is 0.277 e. The van der Waals surface area contributed by atoms with E-state index >= 15 is 0 Å². The Labute approximate surface area is 105 Å². The van der Waals surface area contributed by atoms with Crippen molar-refractivity contribution >= 4 is 16.1 Å². The molecule has 1 aromatic rings. The van der Waals surface area contributed by atoms with Gasteiger partial charge in [-0.3, -0.25) is 4.79 Å². The fourth-order valence-corrected chi connectivity index (χ4v) is 2.54. The Hall–Kier alpha value is -1.45. The molecular formula is C9H15N5O3S. The van der Waals surface area contributed by atoms with E-state index in [1.807, 2.05) is 0 Å². The Balaban J connectivity index is 2.03. The van der Waals surface area contributed by atoms with Crippen LogP contribution in [-0.2, 0) is 17.3 Å². The molecule has 1 saturated heterocycles. The maximum atomic E-state index is 12.1. The van der Waals surface area contributed by atoms with Gasteiger partial charge in [-0.1, -0.05) is 0 Å². The summed E-state index contributed by atoms with van der Waals surface area (Å²) in [7, 11) is -1.92. The first kappa shape index (κ1) is 13.0. The molecule has 0 unspecified atom stereocenters. The lowest BCUT2D eigenvalue weighted by molar-refractivity contribution is 0.0688. The standard InChI is InChI=1S/C9H15N5O3S/c1-12-7-11-6-8(12)9(15)13-2-4-14(5-3-13)18(10,16)17/h6-7H,2-5H2,1H3,(H2,10,16,17). The van der Waals surface area contributed by atoms with Gasteiger partial charge in [-0.15, -0.1) is 0 Å². The van der Waals surface area contributed by atoms with Gasteiger partial charge in [0.25, 0.3) is 16.1 Å². The van der Waals surface area contributed by atoms with Crippen LogP contribution in [0.3, 0.4) is 0 Å². The van der Waals surface area contributed by atoms with E-state index < -0.39 is 10.2 Å². The number of hydrogen-bond acceptors (Lipinski definition) is 4. The quantitative estimate of drug-likeness (QED) is 0.699. The number of imidazole rings is 1. The van der Waals surface area contributed by atoms with Crippen LogP contribution < -0.4 is 5.14 Å². The van der Waals surface area contributed by atoms with Gasteiger partial charge in [0.15, 0.2) is 0 Å². The number of aromatic nitrogens is 2. The number of aryl methyl sites for hydroxylation is 1. The fraction of sp³-hybridized carbons (Fsp3) is 0.556. The molecule has 0 aromatic carbocycles. The normalized spacial score (nSPS) is 18.0. The van der Waals surface area contributed by atoms with Gasteiger partial charge in [0.05, 0.1) is 12.5 Å². The molecule has 1 aliphatic heterocycles. The Kier molecular flexibility index (Phi) is 3.37. The van der Waals surface area contributed by atoms with Crippen molar-refractivity contribution in [3.63, 3.8) is 0 Å². The van der Waals surface area contributed by atoms with Crippen molar-refractivity contribution in [2.45, 2.75) is 0 Å². The van der Waals surface area contributed by atoms with E-state index in [0.717, 1.165) is 0 Å². The lowest BCUT2D eigenvalue weighted by atomic mass is 10.3. The molecule has 1 fully saturated rings. The lowest BCUT2D eigenvalue weighted by Crippen LogP contribution is -2.52. The molecular weight excluding hydrogens is 258 g/mol. The van der Waals surface area contributed by atoms with Crippen molar-refractivity contribution in [2.24, 2.45) is 12.2 Å². The van der Waals surface area contributed by atoms with Gasteiger partial charge in [0, 0.05) is 33.2 Å². The van der Waals surface area contributed by atoms with Gasteiger partial charge in [0.2, 0.25) is 0 Å². The molecule has 0 spiro atoms. The highest BCUT2D eigenvalue weighted by molar-refractivity contribution is 7.86. The van der Waals surface area contributed by atoms with Crippen molar-refractivity contribution in [2.75, 3.05) is 26.2 Å². The molecule has 0 bridgehead atoms. The number of rotatable bonds is 2. The zero-order valence-electron chi connectivity index (χ0n) is 9.98. The number of amides is 1. The van der Waals surface area contributed by atoms with E-state index in [1.54, 1.807) is 22.8 Å². The summed E-state index contributed by atoms with van der Waals surface area (Å²) in [5.41, 5.74) is 0.485. The summed E-state index contributed by atoms with van der Waals surface area (Å²) in [4.78, 5) is 17.6. The van der Waals surface area contributed by atoms with Gasteiger partial charge in [-0.2, -0.15) is 12.7 Å². The van der Waals surface area contributed by atoms with E-state index in [2.05, 4.69) is 4.98 Å². The second-order valence-electron chi connectivity index (χ2n) is 4.13. The highest BCUT2D eigenvalue weighted by Gasteiger charge is 2.27. The monoisotopic (exact) mass is 273 g/mol. The number of carbonyl (C=O) groups excluding carboxylic acids is 1. The number of piperazine rings is 1. The minimum absolute atomic E-state index is 0.149. The number of nitrogens with zero attached hydrogens (tertiary/aromatic N) is 4. The highest BCUT2D eigenvalue weighted by atomic mass is 32.2. The molecule has 2 rings (SSSR count). The Morgan fingerprint density at radius 1 is 1.33 bits per heavy atom. The summed E-state index contributed by atoms with van der Waals surface area (Å²) in [5, 5.41) is 5.03. The van der Waals surface area contributed by atoms with Gasteiger partial charge >= 0.3 is 0 Å². The molecule has 0 radical (unpaired) electrons. The first-order chi connectivity index (χ1) is 8.39. The molecule has 2 N–H and O–H groups in total. The summed E-state index contributed by atoms with van der Waals surface area (Å²) in [6.07, 6.45) is 3.04. The van der Waals surface area contributed by atoms with E-state index in [0.29, 0.717) is 18.8 Å². The maximum absolute atomic E-state index is 12.1. The second kappa shape index (κ2) is 4.67. The van der Waals surface area contributed by atoms with Crippen molar-refractivity contribution in [1.82, 2.24) is 18.8 Å². The maximum Gasteiger partial charge on any atom is 0.277 e. The van der Waals surface area contributed by atoms with E-state index in [-0.39, 0.29) is 19.0 Å². The topological polar surface area (TPSA) is 102 Å². The fourth-order valence-electron chi connectivity index (χ4n) is 1.87. The summed E-state index contributed by atoms with van der Waals surface area (Å²) in [6, 6.07) is 0. The zero-order valence-corrected chi connectivity index (χ0v) is 10.8. The van der Waals surface area contributed by atoms with E-state index in [9.17, 15) is 13.2 Å².